The Balaban J connectivity index is 1.74. The molecule has 0 spiro atoms. The Morgan fingerprint density at radius 2 is 2.24 bits per heavy atom. The van der Waals surface area contributed by atoms with Crippen LogP contribution in [0.5, 0.6) is 0 Å². The largest absolute Gasteiger partial charge is 0.368 e. The summed E-state index contributed by atoms with van der Waals surface area (Å²) < 4.78 is 1.67. The molecule has 0 aliphatic carbocycles. The first kappa shape index (κ1) is 13.4. The third-order valence-electron chi connectivity index (χ3n) is 2.82. The first-order valence-electron chi connectivity index (χ1n) is 6.35. The summed E-state index contributed by atoms with van der Waals surface area (Å²) in [5.74, 6) is 1.30. The van der Waals surface area contributed by atoms with Gasteiger partial charge in [-0.25, -0.2) is 9.97 Å². The van der Waals surface area contributed by atoms with Crippen molar-refractivity contribution in [2.45, 2.75) is 12.8 Å². The molecule has 108 valence electrons. The lowest BCUT2D eigenvalue weighted by atomic mass is 10.2. The van der Waals surface area contributed by atoms with Crippen LogP contribution in [-0.4, -0.2) is 36.0 Å². The number of aromatic nitrogens is 6. The number of nitrogens with one attached hydrogen (secondary N) is 1. The molecule has 3 rings (SSSR count). The molecule has 0 radical (unpaired) electrons. The van der Waals surface area contributed by atoms with E-state index in [2.05, 4.69) is 37.2 Å². The van der Waals surface area contributed by atoms with E-state index in [1.165, 1.54) is 0 Å². The van der Waals surface area contributed by atoms with Gasteiger partial charge in [0.1, 0.15) is 6.33 Å². The van der Waals surface area contributed by atoms with E-state index in [4.69, 9.17) is 5.73 Å². The zero-order chi connectivity index (χ0) is 14.7. The number of imidazole rings is 1. The van der Waals surface area contributed by atoms with Crippen molar-refractivity contribution < 1.29 is 0 Å². The lowest BCUT2D eigenvalue weighted by Gasteiger charge is -2.11. The van der Waals surface area contributed by atoms with Crippen LogP contribution in [0.2, 0.25) is 0 Å². The van der Waals surface area contributed by atoms with E-state index in [0.29, 0.717) is 18.4 Å². The summed E-state index contributed by atoms with van der Waals surface area (Å²) in [4.78, 5) is 20.7. The first-order chi connectivity index (χ1) is 10.2. The fourth-order valence-corrected chi connectivity index (χ4v) is 2.46. The maximum Gasteiger partial charge on any atom is 0.241 e. The second kappa shape index (κ2) is 5.83. The van der Waals surface area contributed by atoms with Crippen molar-refractivity contribution in [3.05, 3.63) is 35.3 Å². The van der Waals surface area contributed by atoms with E-state index in [9.17, 15) is 0 Å². The molecule has 3 N–H and O–H groups in total. The van der Waals surface area contributed by atoms with Crippen LogP contribution in [0.4, 0.5) is 11.9 Å². The summed E-state index contributed by atoms with van der Waals surface area (Å²) in [6.45, 7) is 2.76. The molecule has 3 aromatic rings. The number of thiazole rings is 1. The molecule has 3 heterocycles. The summed E-state index contributed by atoms with van der Waals surface area (Å²) >= 11 is 1.63. The molecule has 21 heavy (non-hydrogen) atoms. The molecular weight excluding hydrogens is 288 g/mol. The standard InChI is InChI=1S/C12H14N8S/c1-8(9-15-3-5-21-9)6-16-11-17-10(13)18-12(19-11)20-4-2-14-7-20/h2-5,7-8H,6H2,1H3,(H3,13,16,17,18,19). The highest BCUT2D eigenvalue weighted by Crippen LogP contribution is 2.18. The molecule has 1 atom stereocenters. The molecule has 3 aromatic heterocycles. The van der Waals surface area contributed by atoms with Crippen LogP contribution in [0.3, 0.4) is 0 Å². The number of hydrogen-bond acceptors (Lipinski definition) is 8. The van der Waals surface area contributed by atoms with Gasteiger partial charge in [-0.2, -0.15) is 15.0 Å². The Morgan fingerprint density at radius 1 is 1.33 bits per heavy atom. The second-order valence-corrected chi connectivity index (χ2v) is 5.37. The average Bonchev–Trinajstić information content (AvgIpc) is 3.16. The molecule has 9 heteroatoms. The van der Waals surface area contributed by atoms with Gasteiger partial charge in [0.2, 0.25) is 17.8 Å². The molecule has 8 nitrogen and oxygen atoms in total. The molecule has 0 saturated heterocycles. The minimum Gasteiger partial charge on any atom is -0.368 e. The Morgan fingerprint density at radius 3 is 2.95 bits per heavy atom. The van der Waals surface area contributed by atoms with Crippen molar-refractivity contribution in [1.82, 2.24) is 29.5 Å². The maximum absolute atomic E-state index is 5.72. The minimum absolute atomic E-state index is 0.165. The summed E-state index contributed by atoms with van der Waals surface area (Å²) in [6, 6.07) is 0. The van der Waals surface area contributed by atoms with Gasteiger partial charge in [-0.1, -0.05) is 6.92 Å². The summed E-state index contributed by atoms with van der Waals surface area (Å²) in [7, 11) is 0. The molecule has 0 saturated carbocycles. The van der Waals surface area contributed by atoms with Crippen LogP contribution in [-0.2, 0) is 0 Å². The summed E-state index contributed by atoms with van der Waals surface area (Å²) in [5, 5.41) is 6.20. The summed E-state index contributed by atoms with van der Waals surface area (Å²) in [5.41, 5.74) is 5.72. The number of nitrogens with two attached hydrogens (primary N) is 1. The number of anilines is 2. The highest BCUT2D eigenvalue weighted by atomic mass is 32.1. The lowest BCUT2D eigenvalue weighted by molar-refractivity contribution is 0.783. The quantitative estimate of drug-likeness (QED) is 0.731. The van der Waals surface area contributed by atoms with Gasteiger partial charge < -0.3 is 11.1 Å². The maximum atomic E-state index is 5.72. The molecule has 0 fully saturated rings. The fourth-order valence-electron chi connectivity index (χ4n) is 1.76. The van der Waals surface area contributed by atoms with Gasteiger partial charge in [-0.15, -0.1) is 11.3 Å². The molecule has 0 aromatic carbocycles. The van der Waals surface area contributed by atoms with Crippen molar-refractivity contribution in [3.8, 4) is 5.95 Å². The third kappa shape index (κ3) is 3.14. The minimum atomic E-state index is 0.165. The fraction of sp³-hybridized carbons (Fsp3) is 0.250. The SMILES string of the molecule is CC(CNc1nc(N)nc(-n2ccnc2)n1)c1nccs1. The van der Waals surface area contributed by atoms with E-state index in [0.717, 1.165) is 5.01 Å². The zero-order valence-corrected chi connectivity index (χ0v) is 12.2. The number of rotatable bonds is 5. The number of nitrogen functional groups attached to an aromatic ring is 1. The Hall–Kier alpha value is -2.55. The van der Waals surface area contributed by atoms with E-state index >= 15 is 0 Å². The highest BCUT2D eigenvalue weighted by molar-refractivity contribution is 7.09. The number of nitrogens with zero attached hydrogens (tertiary/aromatic N) is 6. The van der Waals surface area contributed by atoms with E-state index < -0.39 is 0 Å². The molecule has 0 bridgehead atoms. The summed E-state index contributed by atoms with van der Waals surface area (Å²) in [6.07, 6.45) is 6.81. The van der Waals surface area contributed by atoms with Gasteiger partial charge in [0.25, 0.3) is 0 Å². The zero-order valence-electron chi connectivity index (χ0n) is 11.3. The van der Waals surface area contributed by atoms with E-state index in [-0.39, 0.29) is 11.9 Å². The van der Waals surface area contributed by atoms with Gasteiger partial charge in [-0.05, 0) is 0 Å². The molecule has 1 unspecified atom stereocenters. The second-order valence-electron chi connectivity index (χ2n) is 4.44. The Bertz CT molecular complexity index is 694. The average molecular weight is 302 g/mol. The Labute approximate surface area is 125 Å². The van der Waals surface area contributed by atoms with Crippen LogP contribution < -0.4 is 11.1 Å². The van der Waals surface area contributed by atoms with Gasteiger partial charge in [0.15, 0.2) is 0 Å². The predicted octanol–water partition coefficient (Wildman–Crippen LogP) is 1.31. The molecular formula is C12H14N8S. The normalized spacial score (nSPS) is 12.2. The van der Waals surface area contributed by atoms with Crippen LogP contribution in [0.1, 0.15) is 17.8 Å². The van der Waals surface area contributed by atoms with Gasteiger partial charge >= 0.3 is 0 Å². The topological polar surface area (TPSA) is 107 Å². The monoisotopic (exact) mass is 302 g/mol. The van der Waals surface area contributed by atoms with Crippen LogP contribution in [0.25, 0.3) is 5.95 Å². The van der Waals surface area contributed by atoms with Crippen molar-refractivity contribution >= 4 is 23.2 Å². The van der Waals surface area contributed by atoms with Crippen molar-refractivity contribution in [1.29, 1.82) is 0 Å². The van der Waals surface area contributed by atoms with Crippen molar-refractivity contribution in [2.75, 3.05) is 17.6 Å². The third-order valence-corrected chi connectivity index (χ3v) is 3.82. The van der Waals surface area contributed by atoms with Crippen LogP contribution in [0.15, 0.2) is 30.3 Å². The predicted molar refractivity (Wildman–Crippen MR) is 80.4 cm³/mol. The first-order valence-corrected chi connectivity index (χ1v) is 7.23. The lowest BCUT2D eigenvalue weighted by Crippen LogP contribution is -2.14. The van der Waals surface area contributed by atoms with Crippen LogP contribution in [0, 0.1) is 0 Å². The highest BCUT2D eigenvalue weighted by Gasteiger charge is 2.10. The molecule has 0 amide bonds. The van der Waals surface area contributed by atoms with Crippen molar-refractivity contribution in [2.24, 2.45) is 0 Å². The van der Waals surface area contributed by atoms with Gasteiger partial charge in [-0.3, -0.25) is 4.57 Å². The Kier molecular flexibility index (Phi) is 3.73. The van der Waals surface area contributed by atoms with E-state index in [1.807, 2.05) is 5.38 Å². The van der Waals surface area contributed by atoms with Crippen LogP contribution >= 0.6 is 11.3 Å². The molecule has 0 aliphatic heterocycles. The van der Waals surface area contributed by atoms with Gasteiger partial charge in [0.05, 0.1) is 5.01 Å². The van der Waals surface area contributed by atoms with Crippen molar-refractivity contribution in [3.63, 3.8) is 0 Å². The smallest absolute Gasteiger partial charge is 0.241 e. The van der Waals surface area contributed by atoms with E-state index in [1.54, 1.807) is 40.8 Å². The molecule has 0 aliphatic rings. The number of hydrogen-bond donors (Lipinski definition) is 2. The van der Waals surface area contributed by atoms with Gasteiger partial charge in [0, 0.05) is 36.4 Å².